The molecule has 2 aliphatic heterocycles. The van der Waals surface area contributed by atoms with Gasteiger partial charge in [0.05, 0.1) is 24.6 Å². The van der Waals surface area contributed by atoms with Crippen molar-refractivity contribution >= 4 is 5.69 Å². The number of anilines is 1. The molecule has 1 saturated heterocycles. The number of nitrogens with one attached hydrogen (secondary N) is 4. The van der Waals surface area contributed by atoms with Gasteiger partial charge in [0.2, 0.25) is 0 Å². The number of aromatic nitrogens is 1. The molecule has 1 aromatic rings. The summed E-state index contributed by atoms with van der Waals surface area (Å²) in [6.45, 7) is 7.36. The number of ether oxygens (including phenoxy) is 1. The van der Waals surface area contributed by atoms with Gasteiger partial charge in [0, 0.05) is 69.1 Å². The van der Waals surface area contributed by atoms with Crippen LogP contribution in [0.2, 0.25) is 0 Å². The first-order valence-corrected chi connectivity index (χ1v) is 13.1. The summed E-state index contributed by atoms with van der Waals surface area (Å²) in [6.07, 6.45) is 10.4. The SMILES string of the molecule is c1c(N2CCOCC2)cc2nc1CN[C@@H]1CCCC[C@H]1NCCN[C@@H]1CCCC[C@H]1NC2. The third kappa shape index (κ3) is 5.81. The summed E-state index contributed by atoms with van der Waals surface area (Å²) >= 11 is 0. The van der Waals surface area contributed by atoms with Crippen molar-refractivity contribution in [2.24, 2.45) is 0 Å². The van der Waals surface area contributed by atoms with Crippen LogP contribution in [0.1, 0.15) is 62.8 Å². The van der Waals surface area contributed by atoms with Crippen LogP contribution in [-0.4, -0.2) is 68.5 Å². The van der Waals surface area contributed by atoms with Crippen molar-refractivity contribution < 1.29 is 4.74 Å². The third-order valence-corrected chi connectivity index (χ3v) is 7.85. The van der Waals surface area contributed by atoms with Gasteiger partial charge >= 0.3 is 0 Å². The van der Waals surface area contributed by atoms with Crippen LogP contribution in [0, 0.1) is 0 Å². The fraction of sp³-hybridized carbons (Fsp3) is 0.800. The topological polar surface area (TPSA) is 73.5 Å². The molecule has 0 spiro atoms. The number of hydrogen-bond acceptors (Lipinski definition) is 7. The second kappa shape index (κ2) is 11.3. The third-order valence-electron chi connectivity index (χ3n) is 7.85. The van der Waals surface area contributed by atoms with Gasteiger partial charge in [-0.1, -0.05) is 25.7 Å². The lowest BCUT2D eigenvalue weighted by Gasteiger charge is -2.34. The highest BCUT2D eigenvalue weighted by Gasteiger charge is 2.27. The number of morpholine rings is 1. The Bertz CT molecular complexity index is 676. The summed E-state index contributed by atoms with van der Waals surface area (Å²) in [6, 6.07) is 6.81. The van der Waals surface area contributed by atoms with E-state index in [-0.39, 0.29) is 0 Å². The van der Waals surface area contributed by atoms with E-state index in [9.17, 15) is 0 Å². The lowest BCUT2D eigenvalue weighted by molar-refractivity contribution is 0.122. The van der Waals surface area contributed by atoms with Gasteiger partial charge in [0.15, 0.2) is 0 Å². The van der Waals surface area contributed by atoms with Gasteiger partial charge in [-0.05, 0) is 37.8 Å². The van der Waals surface area contributed by atoms with Crippen LogP contribution in [0.4, 0.5) is 5.69 Å². The molecule has 4 N–H and O–H groups in total. The van der Waals surface area contributed by atoms with Gasteiger partial charge in [-0.2, -0.15) is 0 Å². The normalized spacial score (nSPS) is 32.8. The molecule has 2 aliphatic carbocycles. The monoisotopic (exact) mass is 442 g/mol. The van der Waals surface area contributed by atoms with E-state index in [0.717, 1.165) is 52.5 Å². The van der Waals surface area contributed by atoms with Gasteiger partial charge < -0.3 is 30.9 Å². The molecule has 0 aromatic carbocycles. The molecule has 4 atom stereocenters. The molecule has 32 heavy (non-hydrogen) atoms. The van der Waals surface area contributed by atoms with Crippen molar-refractivity contribution in [3.8, 4) is 0 Å². The molecule has 7 heteroatoms. The highest BCUT2D eigenvalue weighted by atomic mass is 16.5. The minimum atomic E-state index is 0.534. The maximum atomic E-state index is 5.59. The quantitative estimate of drug-likeness (QED) is 0.530. The molecule has 178 valence electrons. The number of fused-ring (bicyclic) bond motifs is 4. The summed E-state index contributed by atoms with van der Waals surface area (Å²) in [7, 11) is 0. The number of hydrogen-bond donors (Lipinski definition) is 4. The van der Waals surface area contributed by atoms with E-state index < -0.39 is 0 Å². The van der Waals surface area contributed by atoms with Crippen LogP contribution >= 0.6 is 0 Å². The Labute approximate surface area is 193 Å². The molecule has 2 saturated carbocycles. The molecule has 1 aromatic heterocycles. The molecule has 0 radical (unpaired) electrons. The number of nitrogens with zero attached hydrogens (tertiary/aromatic N) is 2. The maximum absolute atomic E-state index is 5.59. The molecule has 3 heterocycles. The van der Waals surface area contributed by atoms with Gasteiger partial charge in [-0.25, -0.2) is 0 Å². The van der Waals surface area contributed by atoms with Gasteiger partial charge in [0.25, 0.3) is 0 Å². The Morgan fingerprint density at radius 3 is 1.66 bits per heavy atom. The fourth-order valence-corrected chi connectivity index (χ4v) is 6.04. The highest BCUT2D eigenvalue weighted by molar-refractivity contribution is 5.49. The van der Waals surface area contributed by atoms with E-state index in [4.69, 9.17) is 9.72 Å². The lowest BCUT2D eigenvalue weighted by atomic mass is 9.89. The molecule has 7 nitrogen and oxygen atoms in total. The van der Waals surface area contributed by atoms with Crippen LogP contribution in [0.15, 0.2) is 12.1 Å². The standard InChI is InChI=1S/C25H42N6O/c1-3-7-24-22(5-1)26-9-10-27-23-6-2-4-8-25(23)29-18-20-16-21(15-19(30-20)17-28-24)31-11-13-32-14-12-31/h15-16,22-29H,1-14,17-18H2/t22-,23-,24-,25-/m1/s1. The van der Waals surface area contributed by atoms with Crippen molar-refractivity contribution in [1.29, 1.82) is 0 Å². The van der Waals surface area contributed by atoms with E-state index in [1.165, 1.54) is 68.4 Å². The van der Waals surface area contributed by atoms with Crippen LogP contribution in [0.25, 0.3) is 0 Å². The molecule has 3 fully saturated rings. The molecule has 2 bridgehead atoms. The zero-order valence-electron chi connectivity index (χ0n) is 19.6. The fourth-order valence-electron chi connectivity index (χ4n) is 6.04. The molecular formula is C25H42N6O. The Balaban J connectivity index is 1.37. The van der Waals surface area contributed by atoms with E-state index in [1.807, 2.05) is 0 Å². The van der Waals surface area contributed by atoms with Crippen LogP contribution in [0.5, 0.6) is 0 Å². The summed E-state index contributed by atoms with van der Waals surface area (Å²) < 4.78 is 5.59. The summed E-state index contributed by atoms with van der Waals surface area (Å²) in [4.78, 5) is 7.55. The van der Waals surface area contributed by atoms with Gasteiger partial charge in [-0.15, -0.1) is 0 Å². The second-order valence-corrected chi connectivity index (χ2v) is 10.1. The molecular weight excluding hydrogens is 400 g/mol. The summed E-state index contributed by atoms with van der Waals surface area (Å²) in [5.41, 5.74) is 3.64. The zero-order chi connectivity index (χ0) is 21.6. The van der Waals surface area contributed by atoms with E-state index in [0.29, 0.717) is 24.2 Å². The van der Waals surface area contributed by atoms with Crippen molar-refractivity contribution in [3.05, 3.63) is 23.5 Å². The second-order valence-electron chi connectivity index (χ2n) is 10.1. The van der Waals surface area contributed by atoms with Crippen molar-refractivity contribution in [2.75, 3.05) is 44.3 Å². The largest absolute Gasteiger partial charge is 0.378 e. The van der Waals surface area contributed by atoms with Crippen molar-refractivity contribution in [2.45, 2.75) is 88.6 Å². The first kappa shape index (κ1) is 22.5. The Morgan fingerprint density at radius 1 is 0.688 bits per heavy atom. The minimum absolute atomic E-state index is 0.534. The Hall–Kier alpha value is -1.25. The molecule has 0 unspecified atom stereocenters. The smallest absolute Gasteiger partial charge is 0.0642 e. The molecule has 4 aliphatic rings. The Kier molecular flexibility index (Phi) is 7.92. The van der Waals surface area contributed by atoms with E-state index in [2.05, 4.69) is 38.3 Å². The predicted octanol–water partition coefficient (Wildman–Crippen LogP) is 1.91. The van der Waals surface area contributed by atoms with E-state index >= 15 is 0 Å². The minimum Gasteiger partial charge on any atom is -0.378 e. The average Bonchev–Trinajstić information content (AvgIpc) is 2.85. The van der Waals surface area contributed by atoms with Gasteiger partial charge in [-0.3, -0.25) is 4.98 Å². The summed E-state index contributed by atoms with van der Waals surface area (Å²) in [5.74, 6) is 0. The number of rotatable bonds is 1. The molecule has 0 amide bonds. The first-order valence-electron chi connectivity index (χ1n) is 13.1. The first-order chi connectivity index (χ1) is 15.8. The highest BCUT2D eigenvalue weighted by Crippen LogP contribution is 2.23. The van der Waals surface area contributed by atoms with Crippen LogP contribution in [0.3, 0.4) is 0 Å². The average molecular weight is 443 g/mol. The summed E-state index contributed by atoms with van der Waals surface area (Å²) in [5, 5.41) is 15.5. The predicted molar refractivity (Wildman–Crippen MR) is 129 cm³/mol. The number of pyridine rings is 1. The van der Waals surface area contributed by atoms with Crippen molar-refractivity contribution in [1.82, 2.24) is 26.3 Å². The van der Waals surface area contributed by atoms with Crippen LogP contribution < -0.4 is 26.2 Å². The lowest BCUT2D eigenvalue weighted by Crippen LogP contribution is -2.53. The van der Waals surface area contributed by atoms with Crippen molar-refractivity contribution in [3.63, 3.8) is 0 Å². The molecule has 5 rings (SSSR count). The van der Waals surface area contributed by atoms with Crippen LogP contribution in [-0.2, 0) is 17.8 Å². The van der Waals surface area contributed by atoms with Gasteiger partial charge in [0.1, 0.15) is 0 Å². The zero-order valence-corrected chi connectivity index (χ0v) is 19.6. The maximum Gasteiger partial charge on any atom is 0.0642 e. The Morgan fingerprint density at radius 2 is 1.16 bits per heavy atom. The van der Waals surface area contributed by atoms with E-state index in [1.54, 1.807) is 0 Å².